The van der Waals surface area contributed by atoms with Crippen LogP contribution in [-0.2, 0) is 11.3 Å². The molecule has 0 bridgehead atoms. The molecule has 4 rings (SSSR count). The van der Waals surface area contributed by atoms with Gasteiger partial charge in [-0.05, 0) is 43.5 Å². The summed E-state index contributed by atoms with van der Waals surface area (Å²) in [6.45, 7) is 3.07. The molecule has 0 saturated heterocycles. The molecule has 2 atom stereocenters. The second-order valence-corrected chi connectivity index (χ2v) is 8.63. The van der Waals surface area contributed by atoms with Gasteiger partial charge in [0, 0.05) is 30.3 Å². The quantitative estimate of drug-likeness (QED) is 0.349. The first-order valence-corrected chi connectivity index (χ1v) is 11.1. The number of rotatable bonds is 11. The monoisotopic (exact) mass is 455 g/mol. The Morgan fingerprint density at radius 2 is 2.12 bits per heavy atom. The van der Waals surface area contributed by atoms with Crippen LogP contribution in [0.1, 0.15) is 36.5 Å². The SMILES string of the molecule is COCCn1ncc2cc(Nc3nc(N[C@H](CC4CC4)[C@H](C)N)c(F)cc3C(N)=O)ccc21. The molecule has 0 unspecified atom stereocenters. The fourth-order valence-corrected chi connectivity index (χ4v) is 3.82. The molecule has 3 aromatic rings. The van der Waals surface area contributed by atoms with Crippen molar-refractivity contribution < 1.29 is 13.9 Å². The van der Waals surface area contributed by atoms with E-state index in [-0.39, 0.29) is 29.3 Å². The van der Waals surface area contributed by atoms with Crippen molar-refractivity contribution in [1.82, 2.24) is 14.8 Å². The number of benzene rings is 1. The van der Waals surface area contributed by atoms with Gasteiger partial charge in [-0.25, -0.2) is 9.37 Å². The molecule has 1 fully saturated rings. The lowest BCUT2D eigenvalue weighted by Gasteiger charge is -2.24. The van der Waals surface area contributed by atoms with E-state index in [0.29, 0.717) is 24.8 Å². The van der Waals surface area contributed by atoms with Gasteiger partial charge in [-0.1, -0.05) is 12.8 Å². The molecular formula is C23H30FN7O2. The Morgan fingerprint density at radius 3 is 2.79 bits per heavy atom. The Bertz CT molecular complexity index is 1140. The first-order valence-electron chi connectivity index (χ1n) is 11.1. The zero-order chi connectivity index (χ0) is 23.5. The van der Waals surface area contributed by atoms with Crippen LogP contribution < -0.4 is 22.1 Å². The number of pyridine rings is 1. The number of methoxy groups -OCH3 is 1. The standard InChI is InChI=1S/C23H30FN7O2/c1-13(25)19(9-14-3-4-14)29-23-18(24)11-17(21(26)32)22(30-23)28-16-5-6-20-15(10-16)12-27-31(20)7-8-33-2/h5-6,10-14,19H,3-4,7-9,25H2,1-2H3,(H2,26,32)(H2,28,29,30)/t13-,19+/m0/s1. The van der Waals surface area contributed by atoms with E-state index in [1.54, 1.807) is 13.3 Å². The maximum absolute atomic E-state index is 14.8. The lowest BCUT2D eigenvalue weighted by atomic mass is 10.0. The number of hydrogen-bond donors (Lipinski definition) is 4. The number of nitrogens with two attached hydrogens (primary N) is 2. The summed E-state index contributed by atoms with van der Waals surface area (Å²) < 4.78 is 21.8. The minimum Gasteiger partial charge on any atom is -0.383 e. The van der Waals surface area contributed by atoms with Crippen LogP contribution in [0.3, 0.4) is 0 Å². The van der Waals surface area contributed by atoms with E-state index in [9.17, 15) is 9.18 Å². The zero-order valence-electron chi connectivity index (χ0n) is 18.8. The highest BCUT2D eigenvalue weighted by Crippen LogP contribution is 2.35. The molecule has 33 heavy (non-hydrogen) atoms. The number of primary amides is 1. The largest absolute Gasteiger partial charge is 0.383 e. The lowest BCUT2D eigenvalue weighted by molar-refractivity contribution is 0.100. The van der Waals surface area contributed by atoms with Gasteiger partial charge in [-0.15, -0.1) is 0 Å². The van der Waals surface area contributed by atoms with Crippen LogP contribution in [0, 0.1) is 11.7 Å². The van der Waals surface area contributed by atoms with Gasteiger partial charge in [-0.2, -0.15) is 5.10 Å². The Morgan fingerprint density at radius 1 is 1.33 bits per heavy atom. The highest BCUT2D eigenvalue weighted by atomic mass is 19.1. The summed E-state index contributed by atoms with van der Waals surface area (Å²) in [5, 5.41) is 11.5. The number of hydrogen-bond acceptors (Lipinski definition) is 7. The molecule has 0 aliphatic heterocycles. The number of carbonyl (C=O) groups excluding carboxylic acids is 1. The molecule has 10 heteroatoms. The van der Waals surface area contributed by atoms with Crippen molar-refractivity contribution >= 4 is 34.1 Å². The van der Waals surface area contributed by atoms with Gasteiger partial charge >= 0.3 is 0 Å². The average Bonchev–Trinajstić information content (AvgIpc) is 3.51. The Hall–Kier alpha value is -3.24. The van der Waals surface area contributed by atoms with Gasteiger partial charge in [0.25, 0.3) is 5.91 Å². The summed E-state index contributed by atoms with van der Waals surface area (Å²) in [6, 6.07) is 6.43. The summed E-state index contributed by atoms with van der Waals surface area (Å²) in [6.07, 6.45) is 4.93. The van der Waals surface area contributed by atoms with E-state index in [1.165, 1.54) is 12.8 Å². The average molecular weight is 456 g/mol. The summed E-state index contributed by atoms with van der Waals surface area (Å²) in [7, 11) is 1.64. The van der Waals surface area contributed by atoms with Crippen LogP contribution in [0.2, 0.25) is 0 Å². The maximum atomic E-state index is 14.8. The smallest absolute Gasteiger partial charge is 0.252 e. The Balaban J connectivity index is 1.61. The second-order valence-electron chi connectivity index (χ2n) is 8.63. The van der Waals surface area contributed by atoms with Crippen molar-refractivity contribution in [3.63, 3.8) is 0 Å². The molecule has 1 saturated carbocycles. The van der Waals surface area contributed by atoms with Crippen molar-refractivity contribution in [3.05, 3.63) is 41.8 Å². The number of fused-ring (bicyclic) bond motifs is 1. The van der Waals surface area contributed by atoms with Crippen LogP contribution >= 0.6 is 0 Å². The van der Waals surface area contributed by atoms with Crippen molar-refractivity contribution in [2.75, 3.05) is 24.4 Å². The summed E-state index contributed by atoms with van der Waals surface area (Å²) >= 11 is 0. The van der Waals surface area contributed by atoms with E-state index < -0.39 is 11.7 Å². The van der Waals surface area contributed by atoms with Crippen molar-refractivity contribution in [1.29, 1.82) is 0 Å². The summed E-state index contributed by atoms with van der Waals surface area (Å²) in [4.78, 5) is 16.4. The van der Waals surface area contributed by atoms with Crippen molar-refractivity contribution in [2.24, 2.45) is 17.4 Å². The molecule has 1 aliphatic rings. The molecule has 1 aliphatic carbocycles. The third-order valence-electron chi connectivity index (χ3n) is 5.89. The number of amides is 1. The van der Waals surface area contributed by atoms with E-state index >= 15 is 0 Å². The minimum atomic E-state index is -0.773. The molecule has 0 spiro atoms. The predicted octanol–water partition coefficient (Wildman–Crippen LogP) is 2.99. The van der Waals surface area contributed by atoms with Crippen LogP contribution in [0.5, 0.6) is 0 Å². The van der Waals surface area contributed by atoms with Crippen molar-refractivity contribution in [3.8, 4) is 0 Å². The number of carbonyl (C=O) groups is 1. The Kier molecular flexibility index (Phi) is 6.75. The summed E-state index contributed by atoms with van der Waals surface area (Å²) in [5.41, 5.74) is 13.2. The van der Waals surface area contributed by atoms with Gasteiger partial charge in [0.2, 0.25) is 0 Å². The molecule has 9 nitrogen and oxygen atoms in total. The van der Waals surface area contributed by atoms with Crippen LogP contribution in [0.25, 0.3) is 10.9 Å². The normalized spacial score (nSPS) is 15.4. The number of nitrogens with one attached hydrogen (secondary N) is 2. The molecular weight excluding hydrogens is 425 g/mol. The van der Waals surface area contributed by atoms with Gasteiger partial charge in [-0.3, -0.25) is 9.48 Å². The van der Waals surface area contributed by atoms with E-state index in [4.69, 9.17) is 16.2 Å². The van der Waals surface area contributed by atoms with Gasteiger partial charge in [0.05, 0.1) is 30.4 Å². The fourth-order valence-electron chi connectivity index (χ4n) is 3.82. The third kappa shape index (κ3) is 5.40. The molecule has 1 aromatic carbocycles. The predicted molar refractivity (Wildman–Crippen MR) is 126 cm³/mol. The molecule has 2 heterocycles. The zero-order valence-corrected chi connectivity index (χ0v) is 18.8. The number of aromatic nitrogens is 3. The number of ether oxygens (including phenoxy) is 1. The first-order chi connectivity index (χ1) is 15.9. The maximum Gasteiger partial charge on any atom is 0.252 e. The Labute approximate surface area is 191 Å². The minimum absolute atomic E-state index is 0.0338. The first kappa shape index (κ1) is 22.9. The lowest BCUT2D eigenvalue weighted by Crippen LogP contribution is -2.39. The van der Waals surface area contributed by atoms with Gasteiger partial charge < -0.3 is 26.8 Å². The van der Waals surface area contributed by atoms with Crippen LogP contribution in [-0.4, -0.2) is 46.5 Å². The molecule has 6 N–H and O–H groups in total. The number of anilines is 3. The number of halogens is 1. The van der Waals surface area contributed by atoms with E-state index in [0.717, 1.165) is 23.4 Å². The van der Waals surface area contributed by atoms with Crippen LogP contribution in [0.15, 0.2) is 30.5 Å². The number of nitrogens with zero attached hydrogens (tertiary/aromatic N) is 3. The second kappa shape index (κ2) is 9.72. The van der Waals surface area contributed by atoms with Gasteiger partial charge in [0.1, 0.15) is 5.82 Å². The van der Waals surface area contributed by atoms with E-state index in [1.807, 2.05) is 29.8 Å². The van der Waals surface area contributed by atoms with Gasteiger partial charge in [0.15, 0.2) is 11.6 Å². The summed E-state index contributed by atoms with van der Waals surface area (Å²) in [5.74, 6) is -0.599. The van der Waals surface area contributed by atoms with E-state index in [2.05, 4.69) is 20.7 Å². The van der Waals surface area contributed by atoms with Crippen molar-refractivity contribution in [2.45, 2.75) is 44.8 Å². The fraction of sp³-hybridized carbons (Fsp3) is 0.435. The molecule has 0 radical (unpaired) electrons. The molecule has 176 valence electrons. The molecule has 2 aromatic heterocycles. The highest BCUT2D eigenvalue weighted by molar-refractivity contribution is 5.99. The third-order valence-corrected chi connectivity index (χ3v) is 5.89. The van der Waals surface area contributed by atoms with Crippen LogP contribution in [0.4, 0.5) is 21.7 Å². The highest BCUT2D eigenvalue weighted by Gasteiger charge is 2.28. The molecule has 1 amide bonds. The topological polar surface area (TPSA) is 133 Å².